The van der Waals surface area contributed by atoms with E-state index in [9.17, 15) is 77.8 Å². The van der Waals surface area contributed by atoms with Crippen molar-refractivity contribution < 1.29 is 118 Å². The van der Waals surface area contributed by atoms with Gasteiger partial charge in [-0.1, -0.05) is 24.3 Å². The first-order valence-electron chi connectivity index (χ1n) is 21.7. The fourth-order valence-electron chi connectivity index (χ4n) is 7.37. The molecule has 4 heterocycles. The van der Waals surface area contributed by atoms with Crippen molar-refractivity contribution in [2.75, 3.05) is 83.7 Å². The average molecular weight is 1230 g/mol. The first-order valence-corrected chi connectivity index (χ1v) is 30.4. The van der Waals surface area contributed by atoms with Crippen molar-refractivity contribution >= 4 is 131 Å². The van der Waals surface area contributed by atoms with E-state index in [0.717, 1.165) is 36.4 Å². The maximum absolute atomic E-state index is 12.9. The summed E-state index contributed by atoms with van der Waals surface area (Å²) in [5.41, 5.74) is -1.89. The van der Waals surface area contributed by atoms with Gasteiger partial charge in [-0.2, -0.15) is 80.4 Å². The molecule has 418 valence electrons. The minimum atomic E-state index is -5.12. The van der Waals surface area contributed by atoms with Crippen LogP contribution < -0.4 is 60.6 Å². The van der Waals surface area contributed by atoms with Crippen molar-refractivity contribution in [3.8, 4) is 0 Å². The van der Waals surface area contributed by atoms with E-state index in [1.165, 1.54) is 24.3 Å². The summed E-state index contributed by atoms with van der Waals surface area (Å²) in [6.45, 7) is 1.87. The Morgan fingerprint density at radius 3 is 1.03 bits per heavy atom. The molecule has 0 aliphatic carbocycles. The van der Waals surface area contributed by atoms with Gasteiger partial charge in [-0.25, -0.2) is 0 Å². The van der Waals surface area contributed by atoms with E-state index in [1.54, 1.807) is 9.80 Å². The Hall–Kier alpha value is -6.18. The predicted octanol–water partition coefficient (Wildman–Crippen LogP) is -0.529. The monoisotopic (exact) mass is 1220 g/mol. The number of benzene rings is 4. The van der Waals surface area contributed by atoms with E-state index in [4.69, 9.17) is 9.47 Å². The Balaban J connectivity index is 0.00000516. The van der Waals surface area contributed by atoms with Gasteiger partial charge in [-0.05, 0) is 71.8 Å². The predicted molar refractivity (Wildman–Crippen MR) is 274 cm³/mol. The fraction of sp³-hybridized carbons (Fsp3) is 0.200. The molecule has 0 saturated carbocycles. The number of nitrogens with one attached hydrogen (secondary N) is 4. The second-order valence-corrected chi connectivity index (χ2v) is 24.7. The number of aromatic nitrogens is 6. The Labute approximate surface area is 473 Å². The van der Waals surface area contributed by atoms with Gasteiger partial charge in [-0.15, -0.1) is 0 Å². The normalized spacial score (nSPS) is 14.9. The molecule has 0 unspecified atom stereocenters. The van der Waals surface area contributed by atoms with Crippen molar-refractivity contribution in [3.05, 3.63) is 83.9 Å². The first-order chi connectivity index (χ1) is 36.4. The van der Waals surface area contributed by atoms with E-state index >= 15 is 0 Å². The maximum Gasteiger partial charge on any atom is 1.00 e. The summed E-state index contributed by atoms with van der Waals surface area (Å²) in [7, 11) is -30.1. The summed E-state index contributed by atoms with van der Waals surface area (Å²) in [5, 5.41) is 10.5. The molecule has 0 atom stereocenters. The van der Waals surface area contributed by atoms with Gasteiger partial charge in [0.05, 0.1) is 47.6 Å². The van der Waals surface area contributed by atoms with Gasteiger partial charge in [0.25, 0.3) is 60.7 Å². The molecular weight excluding hydrogens is 1180 g/mol. The molecule has 10 N–H and O–H groups in total. The molecule has 0 spiro atoms. The molecule has 8 rings (SSSR count). The minimum Gasteiger partial charge on any atom is -1.00 e. The van der Waals surface area contributed by atoms with E-state index < -0.39 is 113 Å². The van der Waals surface area contributed by atoms with Crippen molar-refractivity contribution in [1.29, 1.82) is 0 Å². The Kier molecular flexibility index (Phi) is 18.0. The molecule has 2 fully saturated rings. The van der Waals surface area contributed by atoms with Crippen LogP contribution in [0.2, 0.25) is 0 Å². The zero-order valence-electron chi connectivity index (χ0n) is 41.2. The number of hydrogen-bond donors (Lipinski definition) is 10. The third-order valence-corrected chi connectivity index (χ3v) is 16.3. The van der Waals surface area contributed by atoms with E-state index in [2.05, 4.69) is 51.2 Å². The molecule has 2 aromatic heterocycles. The van der Waals surface area contributed by atoms with Crippen LogP contribution in [0, 0.1) is 0 Å². The SMILES string of the molecule is O=S(=O)(O)c1ccc(S(=O)(=O)O)c(Nc2nc(Nc3ccc(C=Cc4ccc(Nc5nc(Nc6cc(S(=O)(=O)O)ccc6S(=O)(=O)O)nc(N6CCOCC6)n5)cc4S(=O)(=O)O)c(S(=O)(=O)O)c3)nc(N3CCOCC3)n2)c1.[H-].[Na+]. The summed E-state index contributed by atoms with van der Waals surface area (Å²) in [6, 6.07) is 11.0. The van der Waals surface area contributed by atoms with Crippen LogP contribution in [0.3, 0.4) is 0 Å². The third kappa shape index (κ3) is 15.4. The fourth-order valence-corrected chi connectivity index (χ4v) is 11.1. The van der Waals surface area contributed by atoms with Crippen molar-refractivity contribution in [2.24, 2.45) is 0 Å². The third-order valence-electron chi connectivity index (χ3n) is 10.9. The standard InChI is InChI=1S/C40H40N12O20S6.Na.H/c53-73(54,55)27-7-9-31(75(59,60)61)29(21-27)43-37-45-35(47-39(49-37)51-11-15-71-16-12-51)41-25-5-3-23(33(19-25)77(65,66)67)1-2-24-4-6-26(20-34(24)78(68,69)70)42-36-46-38(50-40(48-36)52-13-17-72-18-14-52)44-30-22-28(74(56,57)58)8-10-32(30)76(62,63)64;;/h1-10,19-22H,11-18H2,(H,53,54,55)(H,56,57,58)(H,59,60,61)(H,62,63,64)(H,65,66,67)(H,68,69,70)(H2,41,43,45,47,49)(H2,42,44,46,48,50);;/q;+1;-1. The minimum absolute atomic E-state index is 0. The molecule has 32 nitrogen and oxygen atoms in total. The number of rotatable bonds is 18. The average Bonchev–Trinajstić information content (AvgIpc) is 3.37. The quantitative estimate of drug-likeness (QED) is 0.0294. The molecule has 79 heavy (non-hydrogen) atoms. The van der Waals surface area contributed by atoms with Gasteiger partial charge in [0.1, 0.15) is 19.6 Å². The van der Waals surface area contributed by atoms with Crippen LogP contribution in [0.15, 0.2) is 102 Å². The van der Waals surface area contributed by atoms with Crippen LogP contribution in [-0.2, 0) is 70.2 Å². The zero-order chi connectivity index (χ0) is 56.6. The molecule has 2 saturated heterocycles. The number of nitrogens with zero attached hydrogens (tertiary/aromatic N) is 8. The molecule has 0 radical (unpaired) electrons. The van der Waals surface area contributed by atoms with E-state index in [-0.39, 0.29) is 130 Å². The number of hydrogen-bond acceptors (Lipinski definition) is 26. The topological polar surface area (TPSA) is 477 Å². The summed E-state index contributed by atoms with van der Waals surface area (Å²) < 4.78 is 219. The van der Waals surface area contributed by atoms with Gasteiger partial charge in [0.15, 0.2) is 0 Å². The zero-order valence-corrected chi connectivity index (χ0v) is 47.1. The Bertz CT molecular complexity index is 3840. The van der Waals surface area contributed by atoms with Gasteiger partial charge in [0.2, 0.25) is 35.7 Å². The second kappa shape index (κ2) is 23.5. The summed E-state index contributed by atoms with van der Waals surface area (Å²) in [6.07, 6.45) is 2.16. The van der Waals surface area contributed by atoms with Gasteiger partial charge in [0, 0.05) is 37.6 Å². The van der Waals surface area contributed by atoms with Gasteiger partial charge in [-0.3, -0.25) is 27.3 Å². The van der Waals surface area contributed by atoms with Crippen LogP contribution in [0.25, 0.3) is 12.2 Å². The van der Waals surface area contributed by atoms with Crippen molar-refractivity contribution in [2.45, 2.75) is 29.4 Å². The van der Waals surface area contributed by atoms with Crippen LogP contribution in [0.4, 0.5) is 58.4 Å². The maximum atomic E-state index is 12.9. The summed E-state index contributed by atoms with van der Waals surface area (Å²) in [5.74, 6) is -1.72. The molecular formula is C40H41N12NaO20S6. The first kappa shape index (κ1) is 60.5. The van der Waals surface area contributed by atoms with Gasteiger partial charge >= 0.3 is 29.6 Å². The molecule has 39 heteroatoms. The van der Waals surface area contributed by atoms with Crippen LogP contribution in [0.1, 0.15) is 12.6 Å². The van der Waals surface area contributed by atoms with E-state index in [0.29, 0.717) is 24.3 Å². The smallest absolute Gasteiger partial charge is 1.00 e. The summed E-state index contributed by atoms with van der Waals surface area (Å²) in [4.78, 5) is 24.1. The molecule has 0 bridgehead atoms. The molecule has 0 amide bonds. The molecule has 2 aliphatic rings. The van der Waals surface area contributed by atoms with Crippen molar-refractivity contribution in [1.82, 2.24) is 29.9 Å². The number of ether oxygens (including phenoxy) is 2. The molecule has 2 aliphatic heterocycles. The molecule has 4 aromatic carbocycles. The van der Waals surface area contributed by atoms with Crippen LogP contribution >= 0.6 is 0 Å². The number of anilines is 10. The van der Waals surface area contributed by atoms with Gasteiger partial charge < -0.3 is 42.0 Å². The van der Waals surface area contributed by atoms with Crippen LogP contribution in [-0.4, -0.2) is 160 Å². The Morgan fingerprint density at radius 1 is 0.405 bits per heavy atom. The van der Waals surface area contributed by atoms with Crippen LogP contribution in [0.5, 0.6) is 0 Å². The van der Waals surface area contributed by atoms with E-state index in [1.807, 2.05) is 0 Å². The largest absolute Gasteiger partial charge is 1.00 e. The molecule has 6 aromatic rings. The van der Waals surface area contributed by atoms with Crippen molar-refractivity contribution in [3.63, 3.8) is 0 Å². The number of morpholine rings is 2. The Morgan fingerprint density at radius 2 is 0.722 bits per heavy atom. The summed E-state index contributed by atoms with van der Waals surface area (Å²) >= 11 is 0. The second-order valence-electron chi connectivity index (χ2n) is 16.3.